The van der Waals surface area contributed by atoms with Crippen LogP contribution in [0.2, 0.25) is 0 Å². The molecule has 1 heterocycles. The Morgan fingerprint density at radius 1 is 1.42 bits per heavy atom. The fourth-order valence-electron chi connectivity index (χ4n) is 0.929. The van der Waals surface area contributed by atoms with Gasteiger partial charge in [0.25, 0.3) is 0 Å². The van der Waals surface area contributed by atoms with Gasteiger partial charge in [-0.25, -0.2) is 0 Å². The van der Waals surface area contributed by atoms with E-state index in [2.05, 4.69) is 22.4 Å². The van der Waals surface area contributed by atoms with E-state index in [1.807, 2.05) is 0 Å². The van der Waals surface area contributed by atoms with E-state index in [0.717, 1.165) is 0 Å². The molecule has 0 aromatic rings. The second-order valence-electron chi connectivity index (χ2n) is 2.55. The fraction of sp³-hybridized carbons (Fsp3) is 0.667. The van der Waals surface area contributed by atoms with Gasteiger partial charge in [-0.15, -0.1) is 0 Å². The van der Waals surface area contributed by atoms with E-state index in [1.165, 1.54) is 32.4 Å². The van der Waals surface area contributed by atoms with Gasteiger partial charge < -0.3 is 10.7 Å². The molecule has 0 atom stereocenters. The molecule has 0 spiro atoms. The van der Waals surface area contributed by atoms with E-state index in [4.69, 9.17) is 0 Å². The summed E-state index contributed by atoms with van der Waals surface area (Å²) in [5.74, 6) is 0. The molecule has 3 nitrogen and oxygen atoms in total. The molecule has 0 saturated carbocycles. The molecule has 0 aromatic heterocycles. The van der Waals surface area contributed by atoms with Crippen molar-refractivity contribution in [2.45, 2.75) is 19.3 Å². The SMILES string of the molecule is C1CCNCC1.C=C/C=N\NC.[HH]. The van der Waals surface area contributed by atoms with Crippen molar-refractivity contribution in [2.75, 3.05) is 20.1 Å². The first-order valence-electron chi connectivity index (χ1n) is 4.43. The number of allylic oxidation sites excluding steroid dienone is 1. The van der Waals surface area contributed by atoms with Gasteiger partial charge in [-0.2, -0.15) is 5.10 Å². The van der Waals surface area contributed by atoms with E-state index in [0.29, 0.717) is 0 Å². The zero-order valence-electron chi connectivity index (χ0n) is 7.84. The Kier molecular flexibility index (Phi) is 9.47. The molecule has 2 N–H and O–H groups in total. The van der Waals surface area contributed by atoms with Crippen molar-refractivity contribution in [2.24, 2.45) is 5.10 Å². The lowest BCUT2D eigenvalue weighted by Gasteiger charge is -2.08. The van der Waals surface area contributed by atoms with E-state index in [-0.39, 0.29) is 1.43 Å². The summed E-state index contributed by atoms with van der Waals surface area (Å²) in [5.41, 5.74) is 2.57. The molecule has 1 aliphatic heterocycles. The summed E-state index contributed by atoms with van der Waals surface area (Å²) in [4.78, 5) is 0. The van der Waals surface area contributed by atoms with Gasteiger partial charge in [0.05, 0.1) is 0 Å². The van der Waals surface area contributed by atoms with Crippen molar-refractivity contribution in [3.63, 3.8) is 0 Å². The van der Waals surface area contributed by atoms with Crippen LogP contribution in [0.15, 0.2) is 17.8 Å². The van der Waals surface area contributed by atoms with Crippen molar-refractivity contribution in [1.82, 2.24) is 10.7 Å². The highest BCUT2D eigenvalue weighted by atomic mass is 15.3. The third-order valence-corrected chi connectivity index (χ3v) is 1.52. The number of rotatable bonds is 2. The first-order valence-corrected chi connectivity index (χ1v) is 4.43. The van der Waals surface area contributed by atoms with Crippen molar-refractivity contribution in [3.8, 4) is 0 Å². The molecule has 0 unspecified atom stereocenters. The van der Waals surface area contributed by atoms with E-state index >= 15 is 0 Å². The van der Waals surface area contributed by atoms with Crippen LogP contribution in [0.25, 0.3) is 0 Å². The average molecular weight is 171 g/mol. The quantitative estimate of drug-likeness (QED) is 0.486. The van der Waals surface area contributed by atoms with E-state index in [9.17, 15) is 0 Å². The summed E-state index contributed by atoms with van der Waals surface area (Å²) in [6.07, 6.45) is 7.41. The summed E-state index contributed by atoms with van der Waals surface area (Å²) in [6, 6.07) is 0. The molecule has 72 valence electrons. The van der Waals surface area contributed by atoms with Gasteiger partial charge in [0.1, 0.15) is 0 Å². The Labute approximate surface area is 76.4 Å². The molecular formula is C9H21N3. The van der Waals surface area contributed by atoms with Crippen molar-refractivity contribution >= 4 is 6.21 Å². The maximum Gasteiger partial charge on any atom is 0.0462 e. The molecule has 0 amide bonds. The van der Waals surface area contributed by atoms with Gasteiger partial charge >= 0.3 is 0 Å². The summed E-state index contributed by atoms with van der Waals surface area (Å²) < 4.78 is 0. The molecule has 0 bridgehead atoms. The minimum absolute atomic E-state index is 0. The lowest BCUT2D eigenvalue weighted by molar-refractivity contribution is 0.520. The number of hydrogen-bond donors (Lipinski definition) is 2. The second kappa shape index (κ2) is 10.2. The first kappa shape index (κ1) is 11.2. The number of nitrogens with one attached hydrogen (secondary N) is 2. The predicted molar refractivity (Wildman–Crippen MR) is 56.6 cm³/mol. The number of piperidine rings is 1. The minimum atomic E-state index is 0. The maximum atomic E-state index is 3.60. The molecule has 0 radical (unpaired) electrons. The minimum Gasteiger partial charge on any atom is -0.317 e. The van der Waals surface area contributed by atoms with Crippen molar-refractivity contribution < 1.29 is 1.43 Å². The van der Waals surface area contributed by atoms with E-state index in [1.54, 1.807) is 19.3 Å². The third-order valence-electron chi connectivity index (χ3n) is 1.52. The van der Waals surface area contributed by atoms with Crippen LogP contribution < -0.4 is 10.7 Å². The molecule has 1 fully saturated rings. The first-order chi connectivity index (χ1) is 5.91. The zero-order chi connectivity index (χ0) is 9.07. The van der Waals surface area contributed by atoms with Crippen LogP contribution in [0, 0.1) is 0 Å². The fourth-order valence-corrected chi connectivity index (χ4v) is 0.929. The Bertz CT molecular complexity index is 111. The van der Waals surface area contributed by atoms with Gasteiger partial charge in [-0.1, -0.05) is 13.0 Å². The summed E-state index contributed by atoms with van der Waals surface area (Å²) in [7, 11) is 1.74. The number of nitrogens with zero attached hydrogens (tertiary/aromatic N) is 1. The van der Waals surface area contributed by atoms with Gasteiger partial charge in [0.2, 0.25) is 0 Å². The van der Waals surface area contributed by atoms with Crippen molar-refractivity contribution in [1.29, 1.82) is 0 Å². The smallest absolute Gasteiger partial charge is 0.0462 e. The Morgan fingerprint density at radius 2 is 2.08 bits per heavy atom. The predicted octanol–water partition coefficient (Wildman–Crippen LogP) is 1.38. The van der Waals surface area contributed by atoms with Crippen LogP contribution in [0.3, 0.4) is 0 Å². The lowest BCUT2D eigenvalue weighted by Crippen LogP contribution is -2.21. The van der Waals surface area contributed by atoms with Gasteiger partial charge in [-0.05, 0) is 32.0 Å². The number of hydrogen-bond acceptors (Lipinski definition) is 3. The van der Waals surface area contributed by atoms with Gasteiger partial charge in [0.15, 0.2) is 0 Å². The van der Waals surface area contributed by atoms with Crippen molar-refractivity contribution in [3.05, 3.63) is 12.7 Å². The largest absolute Gasteiger partial charge is 0.317 e. The Morgan fingerprint density at radius 3 is 2.25 bits per heavy atom. The summed E-state index contributed by atoms with van der Waals surface area (Å²) in [5, 5.41) is 6.88. The standard InChI is InChI=1S/C5H11N.C4H8N2.H2/c1-2-4-6-5-3-1;1-3-4-6-5-2;/h6H,1-5H2;3-5H,1H2,2H3;1H/b;6-4-;. The van der Waals surface area contributed by atoms with Crippen LogP contribution in [0.4, 0.5) is 0 Å². The summed E-state index contributed by atoms with van der Waals surface area (Å²) in [6.45, 7) is 5.91. The highest BCUT2D eigenvalue weighted by Gasteiger charge is 1.93. The van der Waals surface area contributed by atoms with Crippen LogP contribution in [0.5, 0.6) is 0 Å². The highest BCUT2D eigenvalue weighted by molar-refractivity contribution is 5.69. The zero-order valence-corrected chi connectivity index (χ0v) is 7.84. The monoisotopic (exact) mass is 171 g/mol. The average Bonchev–Trinajstić information content (AvgIpc) is 2.18. The normalized spacial score (nSPS) is 16.4. The molecule has 0 aliphatic carbocycles. The molecule has 1 rings (SSSR count). The van der Waals surface area contributed by atoms with Gasteiger partial charge in [-0.3, -0.25) is 0 Å². The molecule has 12 heavy (non-hydrogen) atoms. The molecule has 3 heteroatoms. The second-order valence-corrected chi connectivity index (χ2v) is 2.55. The van der Waals surface area contributed by atoms with Crippen LogP contribution >= 0.6 is 0 Å². The van der Waals surface area contributed by atoms with Gasteiger partial charge in [0, 0.05) is 14.7 Å². The van der Waals surface area contributed by atoms with Crippen LogP contribution in [0.1, 0.15) is 20.7 Å². The molecule has 1 aliphatic rings. The molecule has 1 saturated heterocycles. The highest BCUT2D eigenvalue weighted by Crippen LogP contribution is 1.96. The molecule has 0 aromatic carbocycles. The van der Waals surface area contributed by atoms with Crippen LogP contribution in [-0.2, 0) is 0 Å². The number of hydrazone groups is 1. The maximum absolute atomic E-state index is 3.60. The van der Waals surface area contributed by atoms with Crippen LogP contribution in [-0.4, -0.2) is 26.4 Å². The Balaban J connectivity index is 0. The van der Waals surface area contributed by atoms with E-state index < -0.39 is 0 Å². The topological polar surface area (TPSA) is 36.4 Å². The summed E-state index contributed by atoms with van der Waals surface area (Å²) >= 11 is 0. The molecular weight excluding hydrogens is 150 g/mol. The Hall–Kier alpha value is -0.830. The third kappa shape index (κ3) is 9.17. The lowest BCUT2D eigenvalue weighted by atomic mass is 10.2.